The highest BCUT2D eigenvalue weighted by atomic mass is 32.2. The van der Waals surface area contributed by atoms with Crippen LogP contribution in [0.4, 0.5) is 19.4 Å². The van der Waals surface area contributed by atoms with Crippen molar-refractivity contribution in [1.29, 1.82) is 0 Å². The van der Waals surface area contributed by atoms with E-state index in [1.165, 1.54) is 23.1 Å². The minimum Gasteiger partial charge on any atom is -0.354 e. The average molecular weight is 477 g/mol. The molecule has 0 aliphatic carbocycles. The standard InChI is InChI=1S/C22H22F2N4O4S/c1-3-33(30,31)26-16-10-27-17(12(16)2)11-28(22(27)29)21-20-13(6-4-9-18(20)32-25-21)19-14(23)7-5-8-15(19)24/h4-9,12,16-17,26H,3,10-11H2,1-2H3/t12?,16?,17-/m1/s1. The van der Waals surface area contributed by atoms with Crippen LogP contribution in [0.25, 0.3) is 22.1 Å². The number of carbonyl (C=O) groups is 1. The number of anilines is 1. The molecule has 2 fully saturated rings. The maximum Gasteiger partial charge on any atom is 0.326 e. The molecule has 2 aliphatic heterocycles. The van der Waals surface area contributed by atoms with E-state index < -0.39 is 21.7 Å². The second-order valence-corrected chi connectivity index (χ2v) is 10.4. The van der Waals surface area contributed by atoms with Gasteiger partial charge in [0.25, 0.3) is 0 Å². The minimum absolute atomic E-state index is 0.0404. The lowest BCUT2D eigenvalue weighted by atomic mass is 9.99. The Labute approximate surface area is 189 Å². The summed E-state index contributed by atoms with van der Waals surface area (Å²) in [5.41, 5.74) is 0.314. The van der Waals surface area contributed by atoms with Gasteiger partial charge in [-0.1, -0.05) is 30.3 Å². The van der Waals surface area contributed by atoms with Crippen molar-refractivity contribution in [1.82, 2.24) is 14.8 Å². The van der Waals surface area contributed by atoms with E-state index in [2.05, 4.69) is 9.88 Å². The highest BCUT2D eigenvalue weighted by Gasteiger charge is 2.50. The Morgan fingerprint density at radius 3 is 2.52 bits per heavy atom. The van der Waals surface area contributed by atoms with Crippen molar-refractivity contribution in [2.75, 3.05) is 23.7 Å². The predicted octanol–water partition coefficient (Wildman–Crippen LogP) is 3.34. The molecule has 3 heterocycles. The molecule has 0 bridgehead atoms. The van der Waals surface area contributed by atoms with Gasteiger partial charge < -0.3 is 9.42 Å². The first kappa shape index (κ1) is 21.8. The first-order valence-electron chi connectivity index (χ1n) is 10.6. The Hall–Kier alpha value is -3.05. The molecule has 2 aromatic carbocycles. The van der Waals surface area contributed by atoms with Crippen molar-refractivity contribution in [3.8, 4) is 11.1 Å². The van der Waals surface area contributed by atoms with E-state index in [4.69, 9.17) is 4.52 Å². The summed E-state index contributed by atoms with van der Waals surface area (Å²) in [6.45, 7) is 3.93. The molecule has 0 radical (unpaired) electrons. The Bertz CT molecular complexity index is 1340. The fourth-order valence-electron chi connectivity index (χ4n) is 4.73. The molecule has 1 N–H and O–H groups in total. The fourth-order valence-corrected chi connectivity index (χ4v) is 5.65. The van der Waals surface area contributed by atoms with Crippen LogP contribution in [0.1, 0.15) is 13.8 Å². The fraction of sp³-hybridized carbons (Fsp3) is 0.364. The van der Waals surface area contributed by atoms with Crippen molar-refractivity contribution in [3.05, 3.63) is 48.0 Å². The van der Waals surface area contributed by atoms with E-state index in [-0.39, 0.29) is 59.8 Å². The molecule has 174 valence electrons. The van der Waals surface area contributed by atoms with Gasteiger partial charge in [-0.3, -0.25) is 4.90 Å². The van der Waals surface area contributed by atoms with Crippen LogP contribution in [0.5, 0.6) is 0 Å². The van der Waals surface area contributed by atoms with Crippen LogP contribution in [-0.4, -0.2) is 55.4 Å². The number of sulfonamides is 1. The monoisotopic (exact) mass is 476 g/mol. The summed E-state index contributed by atoms with van der Waals surface area (Å²) >= 11 is 0. The van der Waals surface area contributed by atoms with Gasteiger partial charge in [0.1, 0.15) is 11.6 Å². The molecular formula is C22H22F2N4O4S. The third-order valence-corrected chi connectivity index (χ3v) is 7.98. The van der Waals surface area contributed by atoms with Gasteiger partial charge in [-0.2, -0.15) is 0 Å². The smallest absolute Gasteiger partial charge is 0.326 e. The van der Waals surface area contributed by atoms with Gasteiger partial charge in [0, 0.05) is 18.2 Å². The summed E-state index contributed by atoms with van der Waals surface area (Å²) in [5.74, 6) is -1.46. The van der Waals surface area contributed by atoms with Crippen molar-refractivity contribution < 1.29 is 26.5 Å². The first-order valence-corrected chi connectivity index (χ1v) is 12.3. The number of nitrogens with zero attached hydrogens (tertiary/aromatic N) is 3. The highest BCUT2D eigenvalue weighted by molar-refractivity contribution is 7.89. The Morgan fingerprint density at radius 2 is 1.85 bits per heavy atom. The largest absolute Gasteiger partial charge is 0.354 e. The zero-order valence-electron chi connectivity index (χ0n) is 18.0. The van der Waals surface area contributed by atoms with Crippen LogP contribution in [0.2, 0.25) is 0 Å². The molecule has 8 nitrogen and oxygen atoms in total. The topological polar surface area (TPSA) is 95.8 Å². The number of benzene rings is 2. The molecule has 0 spiro atoms. The number of hydrogen-bond donors (Lipinski definition) is 1. The van der Waals surface area contributed by atoms with E-state index in [1.807, 2.05) is 6.92 Å². The van der Waals surface area contributed by atoms with Crippen molar-refractivity contribution >= 4 is 32.8 Å². The lowest BCUT2D eigenvalue weighted by molar-refractivity contribution is 0.216. The Kier molecular flexibility index (Phi) is 5.13. The lowest BCUT2D eigenvalue weighted by Gasteiger charge is -2.21. The van der Waals surface area contributed by atoms with Crippen LogP contribution in [0.15, 0.2) is 40.9 Å². The number of nitrogens with one attached hydrogen (secondary N) is 1. The number of carbonyl (C=O) groups excluding carboxylic acids is 1. The molecule has 33 heavy (non-hydrogen) atoms. The molecule has 3 atom stereocenters. The van der Waals surface area contributed by atoms with Crippen LogP contribution in [0.3, 0.4) is 0 Å². The number of hydrogen-bond acceptors (Lipinski definition) is 5. The third-order valence-electron chi connectivity index (χ3n) is 6.56. The maximum absolute atomic E-state index is 14.6. The van der Waals surface area contributed by atoms with Gasteiger partial charge in [-0.05, 0) is 31.0 Å². The van der Waals surface area contributed by atoms with Gasteiger partial charge in [-0.25, -0.2) is 26.7 Å². The lowest BCUT2D eigenvalue weighted by Crippen LogP contribution is -2.43. The number of aromatic nitrogens is 1. The summed E-state index contributed by atoms with van der Waals surface area (Å²) in [7, 11) is -3.41. The average Bonchev–Trinajstić information content (AvgIpc) is 3.43. The molecule has 1 aromatic heterocycles. The van der Waals surface area contributed by atoms with E-state index >= 15 is 0 Å². The predicted molar refractivity (Wildman–Crippen MR) is 118 cm³/mol. The number of fused-ring (bicyclic) bond motifs is 2. The SMILES string of the molecule is CCS(=O)(=O)NC1CN2C(=O)N(c3noc4cccc(-c5c(F)cccc5F)c34)C[C@@H]2C1C. The normalized spacial score (nSPS) is 23.0. The van der Waals surface area contributed by atoms with Gasteiger partial charge in [0.05, 0.1) is 29.3 Å². The Morgan fingerprint density at radius 1 is 1.15 bits per heavy atom. The minimum atomic E-state index is -3.41. The molecule has 0 saturated carbocycles. The number of urea groups is 1. The van der Waals surface area contributed by atoms with Crippen LogP contribution >= 0.6 is 0 Å². The van der Waals surface area contributed by atoms with Gasteiger partial charge in [-0.15, -0.1) is 0 Å². The molecule has 2 amide bonds. The summed E-state index contributed by atoms with van der Waals surface area (Å²) in [5, 5.41) is 4.40. The van der Waals surface area contributed by atoms with E-state index in [9.17, 15) is 22.0 Å². The van der Waals surface area contributed by atoms with Gasteiger partial charge in [0.15, 0.2) is 11.4 Å². The van der Waals surface area contributed by atoms with E-state index in [1.54, 1.807) is 30.0 Å². The molecule has 2 saturated heterocycles. The zero-order chi connectivity index (χ0) is 23.5. The number of halogens is 2. The molecule has 11 heteroatoms. The molecule has 3 aromatic rings. The summed E-state index contributed by atoms with van der Waals surface area (Å²) in [6.07, 6.45) is 0. The zero-order valence-corrected chi connectivity index (χ0v) is 18.8. The van der Waals surface area contributed by atoms with Gasteiger partial charge in [0.2, 0.25) is 10.0 Å². The molecule has 2 unspecified atom stereocenters. The molecule has 2 aliphatic rings. The van der Waals surface area contributed by atoms with E-state index in [0.717, 1.165) is 0 Å². The van der Waals surface area contributed by atoms with Crippen molar-refractivity contribution in [3.63, 3.8) is 0 Å². The third kappa shape index (κ3) is 3.46. The van der Waals surface area contributed by atoms with Crippen LogP contribution in [0, 0.1) is 17.6 Å². The Balaban J connectivity index is 1.52. The van der Waals surface area contributed by atoms with Crippen LogP contribution in [-0.2, 0) is 10.0 Å². The first-order chi connectivity index (χ1) is 15.7. The van der Waals surface area contributed by atoms with E-state index in [0.29, 0.717) is 11.0 Å². The molecule has 5 rings (SSSR count). The van der Waals surface area contributed by atoms with Crippen molar-refractivity contribution in [2.45, 2.75) is 25.9 Å². The maximum atomic E-state index is 14.6. The highest BCUT2D eigenvalue weighted by Crippen LogP contribution is 2.41. The van der Waals surface area contributed by atoms with Crippen molar-refractivity contribution in [2.24, 2.45) is 5.92 Å². The second-order valence-electron chi connectivity index (χ2n) is 8.38. The summed E-state index contributed by atoms with van der Waals surface area (Å²) < 4.78 is 61.2. The second kappa shape index (κ2) is 7.77. The van der Waals surface area contributed by atoms with Gasteiger partial charge >= 0.3 is 6.03 Å². The quantitative estimate of drug-likeness (QED) is 0.610. The van der Waals surface area contributed by atoms with Crippen LogP contribution < -0.4 is 9.62 Å². The molecular weight excluding hydrogens is 454 g/mol. The summed E-state index contributed by atoms with van der Waals surface area (Å²) in [6, 6.07) is 7.42. The number of amides is 2. The number of rotatable bonds is 5. The summed E-state index contributed by atoms with van der Waals surface area (Å²) in [4.78, 5) is 16.3.